The quantitative estimate of drug-likeness (QED) is 0.513. The Morgan fingerprint density at radius 2 is 1.69 bits per heavy atom. The molecule has 4 aliphatic carbocycles. The number of alkyl carbamates (subject to hydrolysis) is 1. The number of ketones is 2. The lowest BCUT2D eigenvalue weighted by atomic mass is 9.44. The van der Waals surface area contributed by atoms with Crippen molar-refractivity contribution in [2.24, 2.45) is 34.5 Å². The number of amides is 2. The predicted octanol–water partition coefficient (Wildman–Crippen LogP) is 4.73. The Bertz CT molecular complexity index is 950. The van der Waals surface area contributed by atoms with Gasteiger partial charge in [-0.2, -0.15) is 0 Å². The van der Waals surface area contributed by atoms with Gasteiger partial charge in [0.1, 0.15) is 11.4 Å². The van der Waals surface area contributed by atoms with Crippen molar-refractivity contribution in [3.8, 4) is 0 Å². The second-order valence-corrected chi connectivity index (χ2v) is 13.0. The average Bonchev–Trinajstić information content (AvgIpc) is 3.09. The van der Waals surface area contributed by atoms with Gasteiger partial charge in [-0.15, -0.1) is 0 Å². The lowest BCUT2D eigenvalue weighted by Crippen LogP contribution is -2.53. The average molecular weight is 501 g/mol. The SMILES string of the molecule is CC(C)(C)OC(=O)NCCNC(=O)CCC1CC2=CC(=O)CC[C@]2(C)C2CC[C@]3(C)C(=O)CCC3C12. The summed E-state index contributed by atoms with van der Waals surface area (Å²) in [5.74, 6) is 2.21. The molecule has 6 atom stereocenters. The largest absolute Gasteiger partial charge is 0.444 e. The number of rotatable bonds is 6. The van der Waals surface area contributed by atoms with Crippen molar-refractivity contribution in [3.05, 3.63) is 11.6 Å². The van der Waals surface area contributed by atoms with Gasteiger partial charge in [0.15, 0.2) is 5.78 Å². The summed E-state index contributed by atoms with van der Waals surface area (Å²) in [4.78, 5) is 49.7. The second-order valence-electron chi connectivity index (χ2n) is 13.0. The van der Waals surface area contributed by atoms with E-state index in [1.165, 1.54) is 5.57 Å². The Labute approximate surface area is 215 Å². The summed E-state index contributed by atoms with van der Waals surface area (Å²) in [7, 11) is 0. The van der Waals surface area contributed by atoms with Gasteiger partial charge in [0.05, 0.1) is 0 Å². The molecule has 200 valence electrons. The zero-order chi connectivity index (χ0) is 26.3. The smallest absolute Gasteiger partial charge is 0.407 e. The highest BCUT2D eigenvalue weighted by Crippen LogP contribution is 2.66. The third-order valence-corrected chi connectivity index (χ3v) is 9.70. The number of nitrogens with one attached hydrogen (secondary N) is 2. The van der Waals surface area contributed by atoms with Crippen molar-refractivity contribution in [3.63, 3.8) is 0 Å². The maximum absolute atomic E-state index is 12.9. The van der Waals surface area contributed by atoms with Crippen LogP contribution in [-0.4, -0.2) is 42.3 Å². The third-order valence-electron chi connectivity index (χ3n) is 9.70. The van der Waals surface area contributed by atoms with Crippen LogP contribution in [0.25, 0.3) is 0 Å². The summed E-state index contributed by atoms with van der Waals surface area (Å²) in [6, 6.07) is 0. The molecule has 2 amide bonds. The molecule has 4 rings (SSSR count). The van der Waals surface area contributed by atoms with Crippen molar-refractivity contribution in [2.75, 3.05) is 13.1 Å². The summed E-state index contributed by atoms with van der Waals surface area (Å²) in [5, 5.41) is 5.58. The van der Waals surface area contributed by atoms with Gasteiger partial charge in [-0.05, 0) is 94.5 Å². The second kappa shape index (κ2) is 9.94. The lowest BCUT2D eigenvalue weighted by molar-refractivity contribution is -0.136. The normalized spacial score (nSPS) is 35.8. The van der Waals surface area contributed by atoms with E-state index in [1.54, 1.807) is 0 Å². The highest BCUT2D eigenvalue weighted by atomic mass is 16.6. The Balaban J connectivity index is 1.39. The van der Waals surface area contributed by atoms with Gasteiger partial charge in [-0.3, -0.25) is 14.4 Å². The zero-order valence-electron chi connectivity index (χ0n) is 22.7. The molecular weight excluding hydrogens is 456 g/mol. The van der Waals surface area contributed by atoms with Crippen molar-refractivity contribution < 1.29 is 23.9 Å². The topological polar surface area (TPSA) is 102 Å². The molecule has 3 saturated carbocycles. The van der Waals surface area contributed by atoms with Crippen molar-refractivity contribution in [2.45, 2.75) is 98.0 Å². The van der Waals surface area contributed by atoms with Crippen LogP contribution < -0.4 is 10.6 Å². The molecule has 3 fully saturated rings. The van der Waals surface area contributed by atoms with Crippen LogP contribution in [0.2, 0.25) is 0 Å². The van der Waals surface area contributed by atoms with Crippen LogP contribution in [0.1, 0.15) is 92.4 Å². The lowest BCUT2D eigenvalue weighted by Gasteiger charge is -2.59. The van der Waals surface area contributed by atoms with Crippen molar-refractivity contribution >= 4 is 23.6 Å². The molecule has 0 aromatic rings. The Hall–Kier alpha value is -2.18. The van der Waals surface area contributed by atoms with Crippen LogP contribution in [-0.2, 0) is 19.1 Å². The van der Waals surface area contributed by atoms with E-state index in [1.807, 2.05) is 26.8 Å². The van der Waals surface area contributed by atoms with E-state index in [2.05, 4.69) is 24.5 Å². The number of hydrogen-bond acceptors (Lipinski definition) is 5. The molecule has 0 radical (unpaired) electrons. The summed E-state index contributed by atoms with van der Waals surface area (Å²) < 4.78 is 5.22. The molecule has 7 nitrogen and oxygen atoms in total. The van der Waals surface area contributed by atoms with E-state index in [9.17, 15) is 19.2 Å². The van der Waals surface area contributed by atoms with Crippen LogP contribution in [0.4, 0.5) is 4.79 Å². The molecule has 36 heavy (non-hydrogen) atoms. The summed E-state index contributed by atoms with van der Waals surface area (Å²) in [6.07, 6.45) is 8.60. The number of ether oxygens (including phenoxy) is 1. The van der Waals surface area contributed by atoms with Crippen molar-refractivity contribution in [1.29, 1.82) is 0 Å². The fraction of sp³-hybridized carbons (Fsp3) is 0.793. The minimum atomic E-state index is -0.557. The van der Waals surface area contributed by atoms with Gasteiger partial charge in [0.25, 0.3) is 0 Å². The molecule has 0 aliphatic heterocycles. The summed E-state index contributed by atoms with van der Waals surface area (Å²) in [5.41, 5.74) is 0.535. The van der Waals surface area contributed by atoms with E-state index in [4.69, 9.17) is 4.74 Å². The standard InChI is InChI=1S/C29H44N2O5/c1-27(2,3)36-26(35)31-15-14-30-24(34)9-6-18-16-19-17-20(32)10-12-28(19,4)22-11-13-29(5)21(25(18)22)7-8-23(29)33/h17-18,21-22,25H,6-16H2,1-5H3,(H,30,34)(H,31,35)/t18?,21?,22?,25?,28-,29-/m0/s1. The molecule has 0 bridgehead atoms. The number of carbonyl (C=O) groups excluding carboxylic acids is 4. The van der Waals surface area contributed by atoms with Crippen molar-refractivity contribution in [1.82, 2.24) is 10.6 Å². The molecule has 0 heterocycles. The molecule has 2 N–H and O–H groups in total. The van der Waals surface area contributed by atoms with Crippen LogP contribution in [0, 0.1) is 34.5 Å². The van der Waals surface area contributed by atoms with Gasteiger partial charge < -0.3 is 15.4 Å². The summed E-state index contributed by atoms with van der Waals surface area (Å²) >= 11 is 0. The van der Waals surface area contributed by atoms with Crippen LogP contribution in [0.5, 0.6) is 0 Å². The van der Waals surface area contributed by atoms with E-state index in [0.29, 0.717) is 61.8 Å². The van der Waals surface area contributed by atoms with Crippen LogP contribution in [0.15, 0.2) is 11.6 Å². The first-order chi connectivity index (χ1) is 16.8. The first-order valence-electron chi connectivity index (χ1n) is 13.8. The number of carbonyl (C=O) groups is 4. The first-order valence-corrected chi connectivity index (χ1v) is 13.8. The number of fused-ring (bicyclic) bond motifs is 5. The van der Waals surface area contributed by atoms with Gasteiger partial charge >= 0.3 is 6.09 Å². The fourth-order valence-electron chi connectivity index (χ4n) is 7.86. The minimum absolute atomic E-state index is 0.0272. The maximum atomic E-state index is 12.9. The highest BCUT2D eigenvalue weighted by molar-refractivity contribution is 5.91. The molecule has 0 aromatic carbocycles. The van der Waals surface area contributed by atoms with E-state index < -0.39 is 11.7 Å². The fourth-order valence-corrected chi connectivity index (χ4v) is 7.86. The molecule has 4 aliphatic rings. The third kappa shape index (κ3) is 5.26. The highest BCUT2D eigenvalue weighted by Gasteiger charge is 2.61. The van der Waals surface area contributed by atoms with E-state index in [0.717, 1.165) is 38.5 Å². The van der Waals surface area contributed by atoms with E-state index in [-0.39, 0.29) is 22.5 Å². The van der Waals surface area contributed by atoms with Gasteiger partial charge in [-0.1, -0.05) is 19.4 Å². The van der Waals surface area contributed by atoms with Gasteiger partial charge in [0, 0.05) is 37.8 Å². The predicted molar refractivity (Wildman–Crippen MR) is 137 cm³/mol. The molecule has 0 spiro atoms. The number of hydrogen-bond donors (Lipinski definition) is 2. The van der Waals surface area contributed by atoms with Gasteiger partial charge in [-0.25, -0.2) is 4.79 Å². The molecular formula is C29H44N2O5. The summed E-state index contributed by atoms with van der Waals surface area (Å²) in [6.45, 7) is 10.6. The monoisotopic (exact) mass is 500 g/mol. The molecule has 4 unspecified atom stereocenters. The van der Waals surface area contributed by atoms with Crippen LogP contribution in [0.3, 0.4) is 0 Å². The number of Topliss-reactive ketones (excluding diaryl/α,β-unsaturated/α-hetero) is 1. The Morgan fingerprint density at radius 3 is 2.42 bits per heavy atom. The Kier molecular flexibility index (Phi) is 7.42. The van der Waals surface area contributed by atoms with E-state index >= 15 is 0 Å². The maximum Gasteiger partial charge on any atom is 0.407 e. The first kappa shape index (κ1) is 26.9. The zero-order valence-corrected chi connectivity index (χ0v) is 22.7. The molecule has 0 saturated heterocycles. The van der Waals surface area contributed by atoms with Crippen LogP contribution >= 0.6 is 0 Å². The minimum Gasteiger partial charge on any atom is -0.444 e. The molecule has 7 heteroatoms. The molecule has 0 aromatic heterocycles. The van der Waals surface area contributed by atoms with Gasteiger partial charge in [0.2, 0.25) is 5.91 Å². The number of allylic oxidation sites excluding steroid dienone is 1. The Morgan fingerprint density at radius 1 is 1.00 bits per heavy atom.